The normalized spacial score (nSPS) is 17.0. The van der Waals surface area contributed by atoms with E-state index in [0.29, 0.717) is 12.8 Å². The third kappa shape index (κ3) is 6.41. The number of amides is 2. The van der Waals surface area contributed by atoms with Gasteiger partial charge in [0.1, 0.15) is 29.5 Å². The summed E-state index contributed by atoms with van der Waals surface area (Å²) in [5.41, 5.74) is -0.744. The van der Waals surface area contributed by atoms with Gasteiger partial charge < -0.3 is 15.3 Å². The Hall–Kier alpha value is -3.35. The van der Waals surface area contributed by atoms with Crippen LogP contribution >= 0.6 is 11.3 Å². The van der Waals surface area contributed by atoms with Gasteiger partial charge in [-0.2, -0.15) is 13.2 Å². The van der Waals surface area contributed by atoms with Crippen molar-refractivity contribution in [1.29, 1.82) is 0 Å². The molecule has 3 rings (SSSR count). The number of aromatic nitrogens is 1. The van der Waals surface area contributed by atoms with Crippen molar-refractivity contribution in [1.82, 2.24) is 15.2 Å². The molecule has 1 aliphatic heterocycles. The molecule has 0 bridgehead atoms. The molecule has 2 atom stereocenters. The van der Waals surface area contributed by atoms with E-state index in [9.17, 15) is 36.7 Å². The minimum Gasteiger partial charge on any atom is -0.481 e. The second-order valence-corrected chi connectivity index (χ2v) is 8.74. The average molecular weight is 515 g/mol. The van der Waals surface area contributed by atoms with Gasteiger partial charge in [-0.3, -0.25) is 19.2 Å². The number of hydrogen-bond acceptors (Lipinski definition) is 6. The molecule has 0 aliphatic carbocycles. The molecule has 2 heterocycles. The number of aliphatic carboxylic acids is 1. The van der Waals surface area contributed by atoms with Gasteiger partial charge in [-0.1, -0.05) is 12.1 Å². The van der Waals surface area contributed by atoms with E-state index in [4.69, 9.17) is 5.11 Å². The van der Waals surface area contributed by atoms with Gasteiger partial charge in [-0.25, -0.2) is 9.37 Å². The summed E-state index contributed by atoms with van der Waals surface area (Å²) in [7, 11) is 0. The molecule has 1 fully saturated rings. The molecule has 1 aliphatic rings. The van der Waals surface area contributed by atoms with Crippen molar-refractivity contribution in [2.45, 2.75) is 43.9 Å². The predicted octanol–water partition coefficient (Wildman–Crippen LogP) is 3.32. The minimum atomic E-state index is -4.54. The Balaban J connectivity index is 1.79. The Morgan fingerprint density at radius 3 is 2.63 bits per heavy atom. The summed E-state index contributed by atoms with van der Waals surface area (Å²) in [5, 5.41) is 12.7. The highest BCUT2D eigenvalue weighted by Gasteiger charge is 2.36. The van der Waals surface area contributed by atoms with Crippen molar-refractivity contribution < 1.29 is 41.8 Å². The van der Waals surface area contributed by atoms with Crippen molar-refractivity contribution in [3.8, 4) is 10.6 Å². The first-order chi connectivity index (χ1) is 16.5. The van der Waals surface area contributed by atoms with E-state index < -0.39 is 60.5 Å². The monoisotopic (exact) mass is 515 g/mol. The van der Waals surface area contributed by atoms with Gasteiger partial charge >= 0.3 is 12.1 Å². The van der Waals surface area contributed by atoms with Crippen LogP contribution in [0, 0.1) is 0 Å². The first kappa shape index (κ1) is 26.3. The van der Waals surface area contributed by atoms with Crippen LogP contribution < -0.4 is 5.32 Å². The second-order valence-electron chi connectivity index (χ2n) is 7.89. The molecule has 2 aromatic rings. The topological polar surface area (TPSA) is 117 Å². The number of nitrogens with zero attached hydrogens (tertiary/aromatic N) is 2. The molecule has 8 nitrogen and oxygen atoms in total. The smallest absolute Gasteiger partial charge is 0.416 e. The maximum absolute atomic E-state index is 13.1. The number of thiazole rings is 1. The third-order valence-electron chi connectivity index (χ3n) is 5.44. The van der Waals surface area contributed by atoms with Crippen molar-refractivity contribution >= 4 is 34.9 Å². The van der Waals surface area contributed by atoms with Crippen LogP contribution in [0.1, 0.15) is 41.7 Å². The molecule has 2 amide bonds. The number of Topliss-reactive ketones (excluding diaryl/α,β-unsaturated/α-hetero) is 1. The summed E-state index contributed by atoms with van der Waals surface area (Å²) in [4.78, 5) is 54.0. The largest absolute Gasteiger partial charge is 0.481 e. The van der Waals surface area contributed by atoms with Crippen LogP contribution in [-0.2, 0) is 20.6 Å². The summed E-state index contributed by atoms with van der Waals surface area (Å²) < 4.78 is 51.9. The summed E-state index contributed by atoms with van der Waals surface area (Å²) in [5.74, 6) is -3.93. The zero-order valence-electron chi connectivity index (χ0n) is 18.2. The van der Waals surface area contributed by atoms with Gasteiger partial charge in [0, 0.05) is 17.5 Å². The first-order valence-corrected chi connectivity index (χ1v) is 11.4. The summed E-state index contributed by atoms with van der Waals surface area (Å²) in [6, 6.07) is 1.90. The lowest BCUT2D eigenvalue weighted by molar-refractivity contribution is -0.141. The number of hydrogen-bond donors (Lipinski definition) is 2. The van der Waals surface area contributed by atoms with Gasteiger partial charge in [-0.05, 0) is 31.4 Å². The van der Waals surface area contributed by atoms with Crippen LogP contribution in [0.2, 0.25) is 0 Å². The van der Waals surface area contributed by atoms with Crippen LogP contribution in [0.25, 0.3) is 10.6 Å². The number of piperidine rings is 1. The fourth-order valence-corrected chi connectivity index (χ4v) is 4.50. The molecular formula is C22H21F4N3O5S. The molecule has 35 heavy (non-hydrogen) atoms. The molecule has 0 spiro atoms. The van der Waals surface area contributed by atoms with Crippen LogP contribution in [0.15, 0.2) is 29.6 Å². The Bertz CT molecular complexity index is 1120. The fourth-order valence-electron chi connectivity index (χ4n) is 3.71. The molecule has 1 saturated heterocycles. The lowest BCUT2D eigenvalue weighted by Gasteiger charge is -2.35. The van der Waals surface area contributed by atoms with E-state index in [0.717, 1.165) is 23.5 Å². The number of halogens is 4. The maximum atomic E-state index is 13.1. The molecule has 1 unspecified atom stereocenters. The number of alkyl halides is 4. The van der Waals surface area contributed by atoms with Crippen molar-refractivity contribution in [3.05, 3.63) is 40.9 Å². The Morgan fingerprint density at radius 1 is 1.23 bits per heavy atom. The quantitative estimate of drug-likeness (QED) is 0.521. The van der Waals surface area contributed by atoms with Gasteiger partial charge in [0.2, 0.25) is 5.91 Å². The second kappa shape index (κ2) is 10.9. The predicted molar refractivity (Wildman–Crippen MR) is 116 cm³/mol. The number of likely N-dealkylation sites (tertiary alicyclic amines) is 1. The number of carbonyl (C=O) groups is 4. The lowest BCUT2D eigenvalue weighted by Crippen LogP contribution is -2.55. The lowest BCUT2D eigenvalue weighted by atomic mass is 10.00. The molecule has 1 aromatic heterocycles. The first-order valence-electron chi connectivity index (χ1n) is 10.6. The summed E-state index contributed by atoms with van der Waals surface area (Å²) in [6.45, 7) is -1.28. The highest BCUT2D eigenvalue weighted by molar-refractivity contribution is 7.13. The molecule has 0 saturated carbocycles. The van der Waals surface area contributed by atoms with E-state index in [1.807, 2.05) is 0 Å². The Morgan fingerprint density at radius 2 is 1.97 bits per heavy atom. The Kier molecular flexibility index (Phi) is 8.20. The SMILES string of the molecule is O=C(O)CC(NC(=O)[C@@H]1CCCCN1C(=O)c1csc(-c2cccc(C(F)(F)F)c2)n1)C(=O)CF. The Labute approximate surface area is 200 Å². The molecule has 0 radical (unpaired) electrons. The average Bonchev–Trinajstić information content (AvgIpc) is 3.32. The van der Waals surface area contributed by atoms with E-state index in [-0.39, 0.29) is 29.2 Å². The van der Waals surface area contributed by atoms with Crippen LogP contribution in [-0.4, -0.2) is 63.9 Å². The number of nitrogens with one attached hydrogen (secondary N) is 1. The highest BCUT2D eigenvalue weighted by atomic mass is 32.1. The summed E-state index contributed by atoms with van der Waals surface area (Å²) in [6.07, 6.45) is -3.97. The zero-order chi connectivity index (χ0) is 25.8. The number of benzene rings is 1. The molecule has 2 N–H and O–H groups in total. The number of carbonyl (C=O) groups excluding carboxylic acids is 3. The van der Waals surface area contributed by atoms with Crippen molar-refractivity contribution in [2.24, 2.45) is 0 Å². The van der Waals surface area contributed by atoms with Crippen LogP contribution in [0.5, 0.6) is 0 Å². The number of ketones is 1. The van der Waals surface area contributed by atoms with Gasteiger partial charge in [0.05, 0.1) is 12.0 Å². The van der Waals surface area contributed by atoms with Crippen molar-refractivity contribution in [3.63, 3.8) is 0 Å². The highest BCUT2D eigenvalue weighted by Crippen LogP contribution is 2.33. The van der Waals surface area contributed by atoms with Gasteiger partial charge in [0.25, 0.3) is 5.91 Å². The molecule has 188 valence electrons. The number of rotatable bonds is 8. The van der Waals surface area contributed by atoms with Crippen LogP contribution in [0.4, 0.5) is 17.6 Å². The maximum Gasteiger partial charge on any atom is 0.416 e. The molecule has 13 heteroatoms. The standard InChI is InChI=1S/C22H21F4N3O5S/c23-10-17(30)14(9-18(31)32)27-19(33)16-6-1-2-7-29(16)21(34)15-11-35-20(28-15)12-4-3-5-13(8-12)22(24,25)26/h3-5,8,11,14,16H,1-2,6-7,9-10H2,(H,27,33)(H,31,32)/t14?,16-/m0/s1. The van der Waals surface area contributed by atoms with Gasteiger partial charge in [-0.15, -0.1) is 11.3 Å². The fraction of sp³-hybridized carbons (Fsp3) is 0.409. The minimum absolute atomic E-state index is 0.0657. The van der Waals surface area contributed by atoms with E-state index in [2.05, 4.69) is 10.3 Å². The zero-order valence-corrected chi connectivity index (χ0v) is 19.0. The molecular weight excluding hydrogens is 494 g/mol. The van der Waals surface area contributed by atoms with Gasteiger partial charge in [0.15, 0.2) is 5.78 Å². The van der Waals surface area contributed by atoms with E-state index >= 15 is 0 Å². The number of carboxylic acids is 1. The third-order valence-corrected chi connectivity index (χ3v) is 6.33. The number of carboxylic acid groups (broad SMARTS) is 1. The molecule has 1 aromatic carbocycles. The van der Waals surface area contributed by atoms with Crippen molar-refractivity contribution in [2.75, 3.05) is 13.2 Å². The summed E-state index contributed by atoms with van der Waals surface area (Å²) >= 11 is 0.970. The van der Waals surface area contributed by atoms with Crippen LogP contribution in [0.3, 0.4) is 0 Å². The van der Waals surface area contributed by atoms with E-state index in [1.165, 1.54) is 22.4 Å². The van der Waals surface area contributed by atoms with E-state index in [1.54, 1.807) is 0 Å².